The number of benzene rings is 2. The Morgan fingerprint density at radius 1 is 1.16 bits per heavy atom. The molecule has 1 saturated heterocycles. The van der Waals surface area contributed by atoms with Gasteiger partial charge in [-0.3, -0.25) is 14.5 Å². The number of methoxy groups -OCH3 is 1. The van der Waals surface area contributed by atoms with E-state index in [1.54, 1.807) is 42.5 Å². The summed E-state index contributed by atoms with van der Waals surface area (Å²) in [5.74, 6) is 0.651. The van der Waals surface area contributed by atoms with Crippen molar-refractivity contribution in [1.82, 2.24) is 4.90 Å². The number of nitrogens with zero attached hydrogens (tertiary/aromatic N) is 2. The van der Waals surface area contributed by atoms with Crippen LogP contribution in [0.5, 0.6) is 11.5 Å². The number of imide groups is 1. The Kier molecular flexibility index (Phi) is 7.85. The molecule has 1 aliphatic heterocycles. The molecular formula is C22H18Cl2N2O4S. The number of amides is 2. The third-order valence-corrected chi connectivity index (χ3v) is 5.89. The Morgan fingerprint density at radius 3 is 2.68 bits per heavy atom. The minimum Gasteiger partial charge on any atom is -0.493 e. The van der Waals surface area contributed by atoms with Gasteiger partial charge in [0.15, 0.2) is 11.5 Å². The Bertz CT molecular complexity index is 1080. The van der Waals surface area contributed by atoms with Gasteiger partial charge in [-0.2, -0.15) is 5.26 Å². The molecule has 0 spiro atoms. The van der Waals surface area contributed by atoms with Gasteiger partial charge in [0.25, 0.3) is 11.1 Å². The van der Waals surface area contributed by atoms with Crippen LogP contribution >= 0.6 is 35.0 Å². The lowest BCUT2D eigenvalue weighted by molar-refractivity contribution is -0.123. The van der Waals surface area contributed by atoms with Crippen molar-refractivity contribution >= 4 is 52.2 Å². The third kappa shape index (κ3) is 5.73. The number of carbonyl (C=O) groups is 2. The van der Waals surface area contributed by atoms with E-state index in [0.29, 0.717) is 57.0 Å². The largest absolute Gasteiger partial charge is 0.493 e. The normalized spacial score (nSPS) is 14.8. The number of halogens is 2. The Labute approximate surface area is 194 Å². The molecule has 1 fully saturated rings. The SMILES string of the molecule is COc1cc(/C=C2/SC(=O)N(Cc3ccc(Cl)cc3Cl)C2=O)ccc1OCCCC#N. The van der Waals surface area contributed by atoms with Crippen LogP contribution in [-0.4, -0.2) is 29.8 Å². The smallest absolute Gasteiger partial charge is 0.293 e. The van der Waals surface area contributed by atoms with Crippen molar-refractivity contribution in [3.63, 3.8) is 0 Å². The molecule has 2 aromatic carbocycles. The van der Waals surface area contributed by atoms with E-state index in [-0.39, 0.29) is 11.8 Å². The quantitative estimate of drug-likeness (QED) is 0.347. The number of unbranched alkanes of at least 4 members (excludes halogenated alkanes) is 1. The number of ether oxygens (including phenoxy) is 2. The van der Waals surface area contributed by atoms with Gasteiger partial charge in [-0.1, -0.05) is 35.3 Å². The zero-order valence-corrected chi connectivity index (χ0v) is 18.9. The van der Waals surface area contributed by atoms with Crippen molar-refractivity contribution < 1.29 is 19.1 Å². The zero-order valence-electron chi connectivity index (χ0n) is 16.6. The van der Waals surface area contributed by atoms with Gasteiger partial charge >= 0.3 is 0 Å². The monoisotopic (exact) mass is 476 g/mol. The highest BCUT2D eigenvalue weighted by atomic mass is 35.5. The third-order valence-electron chi connectivity index (χ3n) is 4.39. The fourth-order valence-corrected chi connectivity index (χ4v) is 4.14. The lowest BCUT2D eigenvalue weighted by Crippen LogP contribution is -2.27. The van der Waals surface area contributed by atoms with Crippen molar-refractivity contribution in [2.24, 2.45) is 0 Å². The summed E-state index contributed by atoms with van der Waals surface area (Å²) in [7, 11) is 1.52. The zero-order chi connectivity index (χ0) is 22.4. The average molecular weight is 477 g/mol. The van der Waals surface area contributed by atoms with Crippen molar-refractivity contribution in [1.29, 1.82) is 5.26 Å². The first kappa shape index (κ1) is 23.0. The topological polar surface area (TPSA) is 79.6 Å². The molecule has 1 aliphatic rings. The number of nitriles is 1. The van der Waals surface area contributed by atoms with Crippen LogP contribution in [0.3, 0.4) is 0 Å². The number of thioether (sulfide) groups is 1. The first-order chi connectivity index (χ1) is 14.9. The highest BCUT2D eigenvalue weighted by molar-refractivity contribution is 8.18. The molecule has 6 nitrogen and oxygen atoms in total. The van der Waals surface area contributed by atoms with E-state index in [2.05, 4.69) is 6.07 Å². The van der Waals surface area contributed by atoms with E-state index in [4.69, 9.17) is 37.9 Å². The second-order valence-corrected chi connectivity index (χ2v) is 8.36. The highest BCUT2D eigenvalue weighted by Gasteiger charge is 2.35. The molecule has 9 heteroatoms. The summed E-state index contributed by atoms with van der Waals surface area (Å²) in [6, 6.07) is 12.2. The summed E-state index contributed by atoms with van der Waals surface area (Å²) in [6.07, 6.45) is 2.67. The molecule has 0 aromatic heterocycles. The number of hydrogen-bond acceptors (Lipinski definition) is 6. The molecule has 0 aliphatic carbocycles. The summed E-state index contributed by atoms with van der Waals surface area (Å²) < 4.78 is 11.0. The van der Waals surface area contributed by atoms with E-state index in [0.717, 1.165) is 16.7 Å². The van der Waals surface area contributed by atoms with Crippen LogP contribution < -0.4 is 9.47 Å². The van der Waals surface area contributed by atoms with Crippen LogP contribution in [-0.2, 0) is 11.3 Å². The minimum absolute atomic E-state index is 0.0663. The first-order valence-corrected chi connectivity index (χ1v) is 10.9. The van der Waals surface area contributed by atoms with E-state index in [1.165, 1.54) is 7.11 Å². The average Bonchev–Trinajstić information content (AvgIpc) is 3.01. The van der Waals surface area contributed by atoms with Crippen LogP contribution in [0.2, 0.25) is 10.0 Å². The summed E-state index contributed by atoms with van der Waals surface area (Å²) in [5, 5.41) is 9.10. The van der Waals surface area contributed by atoms with E-state index in [9.17, 15) is 9.59 Å². The van der Waals surface area contributed by atoms with Gasteiger partial charge in [0.05, 0.1) is 31.2 Å². The van der Waals surface area contributed by atoms with Gasteiger partial charge in [-0.15, -0.1) is 0 Å². The number of rotatable bonds is 8. The lowest BCUT2D eigenvalue weighted by atomic mass is 10.1. The molecular weight excluding hydrogens is 459 g/mol. The molecule has 0 N–H and O–H groups in total. The van der Waals surface area contributed by atoms with E-state index >= 15 is 0 Å². The predicted molar refractivity (Wildman–Crippen MR) is 121 cm³/mol. The van der Waals surface area contributed by atoms with E-state index in [1.807, 2.05) is 0 Å². The van der Waals surface area contributed by atoms with Crippen LogP contribution in [0.25, 0.3) is 6.08 Å². The maximum atomic E-state index is 12.8. The molecule has 0 atom stereocenters. The summed E-state index contributed by atoms with van der Waals surface area (Å²) in [5.41, 5.74) is 1.32. The van der Waals surface area contributed by atoms with Gasteiger partial charge in [-0.25, -0.2) is 0 Å². The van der Waals surface area contributed by atoms with Crippen molar-refractivity contribution in [2.45, 2.75) is 19.4 Å². The second kappa shape index (κ2) is 10.6. The minimum atomic E-state index is -0.392. The van der Waals surface area contributed by atoms with Crippen LogP contribution in [0.1, 0.15) is 24.0 Å². The lowest BCUT2D eigenvalue weighted by Gasteiger charge is -2.13. The predicted octanol–water partition coefficient (Wildman–Crippen LogP) is 5.92. The maximum Gasteiger partial charge on any atom is 0.293 e. The first-order valence-electron chi connectivity index (χ1n) is 9.30. The summed E-state index contributed by atoms with van der Waals surface area (Å²) in [6.45, 7) is 0.465. The van der Waals surface area contributed by atoms with Crippen molar-refractivity contribution in [3.8, 4) is 17.6 Å². The second-order valence-electron chi connectivity index (χ2n) is 6.52. The van der Waals surface area contributed by atoms with Gasteiger partial charge in [-0.05, 0) is 59.7 Å². The van der Waals surface area contributed by atoms with E-state index < -0.39 is 5.91 Å². The molecule has 3 rings (SSSR count). The molecule has 0 unspecified atom stereocenters. The number of carbonyl (C=O) groups excluding carboxylic acids is 2. The Morgan fingerprint density at radius 2 is 1.97 bits per heavy atom. The fourth-order valence-electron chi connectivity index (χ4n) is 2.83. The molecule has 1 heterocycles. The fraction of sp³-hybridized carbons (Fsp3) is 0.227. The van der Waals surface area contributed by atoms with Gasteiger partial charge < -0.3 is 9.47 Å². The Hall–Kier alpha value is -2.66. The Balaban J connectivity index is 1.75. The molecule has 0 bridgehead atoms. The molecule has 2 amide bonds. The van der Waals surface area contributed by atoms with Crippen LogP contribution in [0.15, 0.2) is 41.3 Å². The molecule has 31 heavy (non-hydrogen) atoms. The standard InChI is InChI=1S/C22H18Cl2N2O4S/c1-29-19-10-14(4-7-18(19)30-9-3-2-8-25)11-20-21(27)26(22(28)31-20)13-15-5-6-16(23)12-17(15)24/h4-7,10-12H,2-3,9,13H2,1H3/b20-11+. The van der Waals surface area contributed by atoms with Gasteiger partial charge in [0.1, 0.15) is 0 Å². The van der Waals surface area contributed by atoms with Gasteiger partial charge in [0.2, 0.25) is 0 Å². The van der Waals surface area contributed by atoms with Gasteiger partial charge in [0, 0.05) is 16.5 Å². The summed E-state index contributed by atoms with van der Waals surface area (Å²) in [4.78, 5) is 26.7. The maximum absolute atomic E-state index is 12.8. The molecule has 160 valence electrons. The highest BCUT2D eigenvalue weighted by Crippen LogP contribution is 2.36. The molecule has 0 radical (unpaired) electrons. The van der Waals surface area contributed by atoms with Crippen LogP contribution in [0.4, 0.5) is 4.79 Å². The molecule has 0 saturated carbocycles. The number of hydrogen-bond donors (Lipinski definition) is 0. The summed E-state index contributed by atoms with van der Waals surface area (Å²) >= 11 is 12.9. The van der Waals surface area contributed by atoms with Crippen molar-refractivity contribution in [2.75, 3.05) is 13.7 Å². The van der Waals surface area contributed by atoms with Crippen LogP contribution in [0, 0.1) is 11.3 Å². The van der Waals surface area contributed by atoms with Crippen molar-refractivity contribution in [3.05, 3.63) is 62.5 Å². The molecule has 2 aromatic rings.